The highest BCUT2D eigenvalue weighted by Crippen LogP contribution is 2.17. The van der Waals surface area contributed by atoms with Gasteiger partial charge in [-0.05, 0) is 25.3 Å². The molecule has 5 nitrogen and oxygen atoms in total. The molecule has 0 aromatic heterocycles. The van der Waals surface area contributed by atoms with Crippen LogP contribution < -0.4 is 11.1 Å². The van der Waals surface area contributed by atoms with E-state index in [2.05, 4.69) is 5.32 Å². The van der Waals surface area contributed by atoms with Crippen molar-refractivity contribution in [3.8, 4) is 0 Å². The zero-order valence-corrected chi connectivity index (χ0v) is 13.3. The van der Waals surface area contributed by atoms with Gasteiger partial charge in [-0.25, -0.2) is 0 Å². The van der Waals surface area contributed by atoms with Gasteiger partial charge < -0.3 is 16.0 Å². The topological polar surface area (TPSA) is 75.4 Å². The third-order valence-corrected chi connectivity index (χ3v) is 4.11. The smallest absolute Gasteiger partial charge is 0.245 e. The Morgan fingerprint density at radius 2 is 2.09 bits per heavy atom. The number of hydrogen-bond acceptors (Lipinski definition) is 3. The van der Waals surface area contributed by atoms with E-state index in [0.717, 1.165) is 12.0 Å². The number of hydrogen-bond donors (Lipinski definition) is 2. The SMILES string of the molecule is CCCC(C)(N)C(=O)NC1CCN(Cc2ccccc2)C1=O. The van der Waals surface area contributed by atoms with Crippen LogP contribution in [0.25, 0.3) is 0 Å². The maximum Gasteiger partial charge on any atom is 0.245 e. The summed E-state index contributed by atoms with van der Waals surface area (Å²) in [6, 6.07) is 9.42. The zero-order chi connectivity index (χ0) is 16.2. The molecule has 1 heterocycles. The summed E-state index contributed by atoms with van der Waals surface area (Å²) in [5.41, 5.74) is 6.20. The maximum atomic E-state index is 12.4. The summed E-state index contributed by atoms with van der Waals surface area (Å²) in [5, 5.41) is 2.81. The van der Waals surface area contributed by atoms with Gasteiger partial charge >= 0.3 is 0 Å². The summed E-state index contributed by atoms with van der Waals surface area (Å²) in [5.74, 6) is -0.265. The average molecular weight is 303 g/mol. The van der Waals surface area contributed by atoms with Crippen LogP contribution in [0.2, 0.25) is 0 Å². The Bertz CT molecular complexity index is 528. The summed E-state index contributed by atoms with van der Waals surface area (Å²) in [6.07, 6.45) is 2.08. The van der Waals surface area contributed by atoms with Crippen LogP contribution in [0, 0.1) is 0 Å². The zero-order valence-electron chi connectivity index (χ0n) is 13.3. The highest BCUT2D eigenvalue weighted by Gasteiger charge is 2.36. The van der Waals surface area contributed by atoms with Gasteiger partial charge in [0.05, 0.1) is 5.54 Å². The molecule has 120 valence electrons. The van der Waals surface area contributed by atoms with E-state index in [1.165, 1.54) is 0 Å². The van der Waals surface area contributed by atoms with E-state index >= 15 is 0 Å². The molecule has 0 saturated carbocycles. The minimum Gasteiger partial charge on any atom is -0.343 e. The van der Waals surface area contributed by atoms with Crippen LogP contribution in [0.1, 0.15) is 38.7 Å². The van der Waals surface area contributed by atoms with Gasteiger partial charge in [-0.1, -0.05) is 43.7 Å². The molecule has 0 bridgehead atoms. The number of carbonyl (C=O) groups is 2. The van der Waals surface area contributed by atoms with Gasteiger partial charge in [-0.2, -0.15) is 0 Å². The second-order valence-corrected chi connectivity index (χ2v) is 6.23. The van der Waals surface area contributed by atoms with Crippen molar-refractivity contribution in [1.82, 2.24) is 10.2 Å². The van der Waals surface area contributed by atoms with Gasteiger partial charge in [0, 0.05) is 13.1 Å². The van der Waals surface area contributed by atoms with E-state index in [1.807, 2.05) is 37.3 Å². The first-order valence-electron chi connectivity index (χ1n) is 7.86. The van der Waals surface area contributed by atoms with Gasteiger partial charge in [-0.15, -0.1) is 0 Å². The summed E-state index contributed by atoms with van der Waals surface area (Å²) in [6.45, 7) is 4.95. The lowest BCUT2D eigenvalue weighted by atomic mass is 9.96. The third kappa shape index (κ3) is 3.85. The van der Waals surface area contributed by atoms with Gasteiger partial charge in [0.15, 0.2) is 0 Å². The van der Waals surface area contributed by atoms with Crippen LogP contribution in [-0.2, 0) is 16.1 Å². The molecule has 3 N–H and O–H groups in total. The van der Waals surface area contributed by atoms with E-state index in [0.29, 0.717) is 25.9 Å². The Balaban J connectivity index is 1.93. The third-order valence-electron chi connectivity index (χ3n) is 4.11. The fourth-order valence-corrected chi connectivity index (χ4v) is 2.79. The molecule has 1 aliphatic rings. The van der Waals surface area contributed by atoms with Crippen molar-refractivity contribution < 1.29 is 9.59 Å². The number of rotatable bonds is 6. The van der Waals surface area contributed by atoms with Gasteiger partial charge in [0.1, 0.15) is 6.04 Å². The lowest BCUT2D eigenvalue weighted by Crippen LogP contribution is -2.55. The maximum absolute atomic E-state index is 12.4. The van der Waals surface area contributed by atoms with Crippen molar-refractivity contribution >= 4 is 11.8 Å². The molecule has 0 radical (unpaired) electrons. The second-order valence-electron chi connectivity index (χ2n) is 6.23. The van der Waals surface area contributed by atoms with Gasteiger partial charge in [0.25, 0.3) is 0 Å². The molecule has 22 heavy (non-hydrogen) atoms. The predicted molar refractivity (Wildman–Crippen MR) is 85.9 cm³/mol. The van der Waals surface area contributed by atoms with Gasteiger partial charge in [0.2, 0.25) is 11.8 Å². The van der Waals surface area contributed by atoms with E-state index in [4.69, 9.17) is 5.73 Å². The van der Waals surface area contributed by atoms with E-state index < -0.39 is 11.6 Å². The largest absolute Gasteiger partial charge is 0.343 e. The highest BCUT2D eigenvalue weighted by molar-refractivity contribution is 5.92. The lowest BCUT2D eigenvalue weighted by Gasteiger charge is -2.25. The van der Waals surface area contributed by atoms with Crippen molar-refractivity contribution in [2.24, 2.45) is 5.73 Å². The van der Waals surface area contributed by atoms with Crippen LogP contribution >= 0.6 is 0 Å². The number of carbonyl (C=O) groups excluding carboxylic acids is 2. The van der Waals surface area contributed by atoms with E-state index in [-0.39, 0.29) is 11.8 Å². The molecule has 2 atom stereocenters. The molecule has 2 unspecified atom stereocenters. The Morgan fingerprint density at radius 3 is 2.73 bits per heavy atom. The minimum atomic E-state index is -0.915. The quantitative estimate of drug-likeness (QED) is 0.834. The first kappa shape index (κ1) is 16.5. The Kier molecular flexibility index (Phi) is 5.19. The summed E-state index contributed by atoms with van der Waals surface area (Å²) < 4.78 is 0. The van der Waals surface area contributed by atoms with Crippen molar-refractivity contribution in [3.63, 3.8) is 0 Å². The summed E-state index contributed by atoms with van der Waals surface area (Å²) >= 11 is 0. The summed E-state index contributed by atoms with van der Waals surface area (Å²) in [4.78, 5) is 26.4. The Morgan fingerprint density at radius 1 is 1.41 bits per heavy atom. The molecule has 0 aliphatic carbocycles. The van der Waals surface area contributed by atoms with E-state index in [9.17, 15) is 9.59 Å². The van der Waals surface area contributed by atoms with Crippen molar-refractivity contribution in [3.05, 3.63) is 35.9 Å². The Hall–Kier alpha value is -1.88. The molecular formula is C17H25N3O2. The molecule has 1 fully saturated rings. The number of nitrogens with one attached hydrogen (secondary N) is 1. The highest BCUT2D eigenvalue weighted by atomic mass is 16.2. The molecule has 5 heteroatoms. The van der Waals surface area contributed by atoms with Crippen LogP contribution in [0.5, 0.6) is 0 Å². The second kappa shape index (κ2) is 6.92. The van der Waals surface area contributed by atoms with Crippen LogP contribution in [0.4, 0.5) is 0 Å². The molecule has 1 aromatic carbocycles. The monoisotopic (exact) mass is 303 g/mol. The van der Waals surface area contributed by atoms with Crippen LogP contribution in [0.3, 0.4) is 0 Å². The molecule has 2 amide bonds. The standard InChI is InChI=1S/C17H25N3O2/c1-3-10-17(2,18)16(22)19-14-9-11-20(15(14)21)12-13-7-5-4-6-8-13/h4-8,14H,3,9-12,18H2,1-2H3,(H,19,22). The average Bonchev–Trinajstić information content (AvgIpc) is 2.81. The summed E-state index contributed by atoms with van der Waals surface area (Å²) in [7, 11) is 0. The first-order valence-corrected chi connectivity index (χ1v) is 7.86. The molecule has 2 rings (SSSR count). The predicted octanol–water partition coefficient (Wildman–Crippen LogP) is 1.42. The fourth-order valence-electron chi connectivity index (χ4n) is 2.79. The van der Waals surface area contributed by atoms with Crippen LogP contribution in [-0.4, -0.2) is 34.8 Å². The molecule has 1 aromatic rings. The number of benzene rings is 1. The normalized spacial score (nSPS) is 20.8. The minimum absolute atomic E-state index is 0.0236. The van der Waals surface area contributed by atoms with Crippen LogP contribution in [0.15, 0.2) is 30.3 Å². The molecule has 0 spiro atoms. The number of amides is 2. The van der Waals surface area contributed by atoms with Gasteiger partial charge in [-0.3, -0.25) is 9.59 Å². The Labute approximate surface area is 131 Å². The number of nitrogens with zero attached hydrogens (tertiary/aromatic N) is 1. The molecule has 1 saturated heterocycles. The van der Waals surface area contributed by atoms with Crippen molar-refractivity contribution in [2.45, 2.75) is 51.2 Å². The fraction of sp³-hybridized carbons (Fsp3) is 0.529. The van der Waals surface area contributed by atoms with Crippen molar-refractivity contribution in [1.29, 1.82) is 0 Å². The van der Waals surface area contributed by atoms with E-state index in [1.54, 1.807) is 11.8 Å². The first-order chi connectivity index (χ1) is 10.4. The number of nitrogens with two attached hydrogens (primary N) is 1. The van der Waals surface area contributed by atoms with Crippen molar-refractivity contribution in [2.75, 3.05) is 6.54 Å². The molecular weight excluding hydrogens is 278 g/mol. The lowest BCUT2D eigenvalue weighted by molar-refractivity contribution is -0.134. The number of likely N-dealkylation sites (tertiary alicyclic amines) is 1. The molecule has 1 aliphatic heterocycles.